The zero-order valence-corrected chi connectivity index (χ0v) is 12.1. The molecule has 17 heavy (non-hydrogen) atoms. The summed E-state index contributed by atoms with van der Waals surface area (Å²) in [4.78, 5) is 2.22. The van der Waals surface area contributed by atoms with Crippen molar-refractivity contribution in [2.75, 3.05) is 32.4 Å². The Labute approximate surface area is 106 Å². The van der Waals surface area contributed by atoms with Gasteiger partial charge in [0.2, 0.25) is 0 Å². The van der Waals surface area contributed by atoms with E-state index < -0.39 is 9.84 Å². The molecule has 0 aromatic rings. The average Bonchev–Trinajstić information content (AvgIpc) is 2.54. The number of sulfone groups is 1. The van der Waals surface area contributed by atoms with Crippen molar-refractivity contribution in [2.24, 2.45) is 0 Å². The van der Waals surface area contributed by atoms with Crippen LogP contribution in [-0.2, 0) is 9.84 Å². The van der Waals surface area contributed by atoms with Gasteiger partial charge in [-0.15, -0.1) is 0 Å². The van der Waals surface area contributed by atoms with Gasteiger partial charge in [0.05, 0.1) is 11.0 Å². The highest BCUT2D eigenvalue weighted by Crippen LogP contribution is 2.12. The molecule has 0 bridgehead atoms. The maximum Gasteiger partial charge on any atom is 0.153 e. The Morgan fingerprint density at radius 2 is 2.00 bits per heavy atom. The summed E-state index contributed by atoms with van der Waals surface area (Å²) in [5, 5.41) is 3.12. The highest BCUT2D eigenvalue weighted by Gasteiger charge is 2.20. The number of hydrogen-bond donors (Lipinski definition) is 1. The van der Waals surface area contributed by atoms with Crippen LogP contribution in [0, 0.1) is 0 Å². The van der Waals surface area contributed by atoms with Crippen molar-refractivity contribution in [1.29, 1.82) is 0 Å². The van der Waals surface area contributed by atoms with E-state index in [1.165, 1.54) is 12.8 Å². The Balaban J connectivity index is 2.40. The molecule has 0 spiro atoms. The molecule has 1 atom stereocenters. The topological polar surface area (TPSA) is 49.4 Å². The molecule has 1 fully saturated rings. The summed E-state index contributed by atoms with van der Waals surface area (Å²) in [6.45, 7) is 6.31. The van der Waals surface area contributed by atoms with Crippen LogP contribution in [0.1, 0.15) is 33.1 Å². The minimum atomic E-state index is -2.90. The van der Waals surface area contributed by atoms with Gasteiger partial charge in [-0.3, -0.25) is 0 Å². The Hall–Kier alpha value is -0.130. The van der Waals surface area contributed by atoms with Crippen molar-refractivity contribution in [1.82, 2.24) is 10.2 Å². The average molecular weight is 262 g/mol. The second-order valence-electron chi connectivity index (χ2n) is 5.23. The lowest BCUT2D eigenvalue weighted by Crippen LogP contribution is -2.37. The summed E-state index contributed by atoms with van der Waals surface area (Å²) in [6, 6.07) is 0.535. The van der Waals surface area contributed by atoms with Gasteiger partial charge < -0.3 is 10.2 Å². The molecule has 1 aliphatic rings. The van der Waals surface area contributed by atoms with E-state index in [-0.39, 0.29) is 11.0 Å². The third kappa shape index (κ3) is 4.94. The molecule has 1 saturated heterocycles. The lowest BCUT2D eigenvalue weighted by atomic mass is 10.1. The van der Waals surface area contributed by atoms with Crippen LogP contribution >= 0.6 is 0 Å². The van der Waals surface area contributed by atoms with E-state index in [1.807, 2.05) is 7.05 Å². The van der Waals surface area contributed by atoms with Crippen LogP contribution in [0.5, 0.6) is 0 Å². The Bertz CT molecular complexity index is 306. The highest BCUT2D eigenvalue weighted by atomic mass is 32.2. The molecule has 1 unspecified atom stereocenters. The summed E-state index contributed by atoms with van der Waals surface area (Å²) in [5.41, 5.74) is 0. The molecule has 0 radical (unpaired) electrons. The van der Waals surface area contributed by atoms with Gasteiger partial charge in [0.15, 0.2) is 9.84 Å². The van der Waals surface area contributed by atoms with Gasteiger partial charge >= 0.3 is 0 Å². The third-order valence-electron chi connectivity index (χ3n) is 3.62. The summed E-state index contributed by atoms with van der Waals surface area (Å²) in [7, 11) is -0.851. The Morgan fingerprint density at radius 3 is 2.65 bits per heavy atom. The van der Waals surface area contributed by atoms with E-state index in [4.69, 9.17) is 0 Å². The van der Waals surface area contributed by atoms with E-state index in [1.54, 1.807) is 13.8 Å². The number of nitrogens with one attached hydrogen (secondary N) is 1. The summed E-state index contributed by atoms with van der Waals surface area (Å²) in [6.07, 6.45) is 3.48. The fraction of sp³-hybridized carbons (Fsp3) is 1.00. The van der Waals surface area contributed by atoms with Crippen LogP contribution in [0.3, 0.4) is 0 Å². The molecule has 5 heteroatoms. The molecule has 1 N–H and O–H groups in total. The smallest absolute Gasteiger partial charge is 0.153 e. The number of nitrogens with zero attached hydrogens (tertiary/aromatic N) is 1. The van der Waals surface area contributed by atoms with E-state index >= 15 is 0 Å². The SMILES string of the molecule is CC(C)S(=O)(=O)CCN(C)C1CCCNCC1. The molecule has 1 rings (SSSR count). The Kier molecular flexibility index (Phi) is 5.89. The first kappa shape index (κ1) is 14.9. The van der Waals surface area contributed by atoms with E-state index in [2.05, 4.69) is 10.2 Å². The molecular formula is C12H26N2O2S. The van der Waals surface area contributed by atoms with Crippen LogP contribution in [-0.4, -0.2) is 57.0 Å². The maximum absolute atomic E-state index is 11.7. The van der Waals surface area contributed by atoms with Crippen molar-refractivity contribution in [2.45, 2.75) is 44.4 Å². The molecule has 0 aromatic heterocycles. The predicted molar refractivity (Wildman–Crippen MR) is 72.1 cm³/mol. The van der Waals surface area contributed by atoms with E-state index in [0.29, 0.717) is 12.6 Å². The van der Waals surface area contributed by atoms with Gasteiger partial charge in [0.25, 0.3) is 0 Å². The van der Waals surface area contributed by atoms with E-state index in [0.717, 1.165) is 19.5 Å². The largest absolute Gasteiger partial charge is 0.317 e. The molecule has 0 amide bonds. The van der Waals surface area contributed by atoms with Crippen LogP contribution in [0.4, 0.5) is 0 Å². The van der Waals surface area contributed by atoms with Gasteiger partial charge in [0, 0.05) is 12.6 Å². The molecule has 0 saturated carbocycles. The first-order valence-corrected chi connectivity index (χ1v) is 8.27. The first-order valence-electron chi connectivity index (χ1n) is 6.56. The van der Waals surface area contributed by atoms with Gasteiger partial charge in [-0.25, -0.2) is 8.42 Å². The van der Waals surface area contributed by atoms with Gasteiger partial charge in [-0.05, 0) is 53.2 Å². The van der Waals surface area contributed by atoms with Gasteiger partial charge in [0.1, 0.15) is 0 Å². The maximum atomic E-state index is 11.7. The number of hydrogen-bond acceptors (Lipinski definition) is 4. The molecule has 0 aromatic carbocycles. The van der Waals surface area contributed by atoms with Gasteiger partial charge in [-0.2, -0.15) is 0 Å². The summed E-state index contributed by atoms with van der Waals surface area (Å²) >= 11 is 0. The van der Waals surface area contributed by atoms with Crippen LogP contribution in [0.25, 0.3) is 0 Å². The van der Waals surface area contributed by atoms with Crippen LogP contribution in [0.15, 0.2) is 0 Å². The van der Waals surface area contributed by atoms with Crippen LogP contribution in [0.2, 0.25) is 0 Å². The van der Waals surface area contributed by atoms with Crippen molar-refractivity contribution >= 4 is 9.84 Å². The fourth-order valence-electron chi connectivity index (χ4n) is 2.13. The molecule has 0 aliphatic carbocycles. The van der Waals surface area contributed by atoms with Crippen molar-refractivity contribution in [3.05, 3.63) is 0 Å². The fourth-order valence-corrected chi connectivity index (χ4v) is 3.14. The predicted octanol–water partition coefficient (Wildman–Crippen LogP) is 0.884. The normalized spacial score (nSPS) is 23.0. The standard InChI is InChI=1S/C12H26N2O2S/c1-11(2)17(15,16)10-9-14(3)12-5-4-7-13-8-6-12/h11-13H,4-10H2,1-3H3. The van der Waals surface area contributed by atoms with Crippen molar-refractivity contribution in [3.63, 3.8) is 0 Å². The zero-order valence-electron chi connectivity index (χ0n) is 11.3. The quantitative estimate of drug-likeness (QED) is 0.799. The lowest BCUT2D eigenvalue weighted by Gasteiger charge is -2.26. The zero-order chi connectivity index (χ0) is 12.9. The summed E-state index contributed by atoms with van der Waals surface area (Å²) in [5.74, 6) is 0.283. The van der Waals surface area contributed by atoms with Crippen molar-refractivity contribution < 1.29 is 8.42 Å². The van der Waals surface area contributed by atoms with Crippen molar-refractivity contribution in [3.8, 4) is 0 Å². The summed E-state index contributed by atoms with van der Waals surface area (Å²) < 4.78 is 23.5. The molecule has 1 aliphatic heterocycles. The number of rotatable bonds is 5. The lowest BCUT2D eigenvalue weighted by molar-refractivity contribution is 0.236. The second-order valence-corrected chi connectivity index (χ2v) is 7.91. The minimum absolute atomic E-state index is 0.258. The van der Waals surface area contributed by atoms with Gasteiger partial charge in [-0.1, -0.05) is 0 Å². The Morgan fingerprint density at radius 1 is 1.29 bits per heavy atom. The van der Waals surface area contributed by atoms with E-state index in [9.17, 15) is 8.42 Å². The third-order valence-corrected chi connectivity index (χ3v) is 5.80. The first-order chi connectivity index (χ1) is 7.93. The van der Waals surface area contributed by atoms with Crippen LogP contribution < -0.4 is 5.32 Å². The molecular weight excluding hydrogens is 236 g/mol. The monoisotopic (exact) mass is 262 g/mol. The molecule has 4 nitrogen and oxygen atoms in total. The second kappa shape index (κ2) is 6.71. The molecule has 1 heterocycles. The molecule has 102 valence electrons. The highest BCUT2D eigenvalue weighted by molar-refractivity contribution is 7.92. The minimum Gasteiger partial charge on any atom is -0.317 e.